The predicted octanol–water partition coefficient (Wildman–Crippen LogP) is -0.0174. The van der Waals surface area contributed by atoms with Gasteiger partial charge in [0.15, 0.2) is 0 Å². The van der Waals surface area contributed by atoms with Crippen LogP contribution in [0.25, 0.3) is 0 Å². The molecule has 1 aliphatic rings. The number of rotatable bonds is 3. The van der Waals surface area contributed by atoms with Crippen LogP contribution in [0.4, 0.5) is 5.69 Å². The lowest BCUT2D eigenvalue weighted by Crippen LogP contribution is -2.39. The van der Waals surface area contributed by atoms with Crippen LogP contribution in [0.15, 0.2) is 18.5 Å². The van der Waals surface area contributed by atoms with Gasteiger partial charge in [0.05, 0.1) is 25.9 Å². The Labute approximate surface area is 94.2 Å². The topological polar surface area (TPSA) is 77.6 Å². The first-order valence-corrected chi connectivity index (χ1v) is 5.33. The van der Waals surface area contributed by atoms with Crippen molar-refractivity contribution in [3.05, 3.63) is 24.0 Å². The Bertz CT molecular complexity index is 340. The van der Waals surface area contributed by atoms with Crippen LogP contribution in [-0.2, 0) is 15.9 Å². The quantitative estimate of drug-likeness (QED) is 0.754. The summed E-state index contributed by atoms with van der Waals surface area (Å²) in [5, 5.41) is 9.96. The number of ether oxygens (including phenoxy) is 2. The molecule has 5 heteroatoms. The van der Waals surface area contributed by atoms with Crippen molar-refractivity contribution in [1.29, 1.82) is 0 Å². The lowest BCUT2D eigenvalue weighted by atomic mass is 10.0. The molecule has 3 N–H and O–H groups in total. The van der Waals surface area contributed by atoms with Crippen molar-refractivity contribution in [2.24, 2.45) is 0 Å². The summed E-state index contributed by atoms with van der Waals surface area (Å²) in [6.45, 7) is 1.56. The van der Waals surface area contributed by atoms with Crippen LogP contribution >= 0.6 is 0 Å². The van der Waals surface area contributed by atoms with E-state index in [9.17, 15) is 5.11 Å². The molecule has 1 fully saturated rings. The molecule has 2 unspecified atom stereocenters. The fourth-order valence-electron chi connectivity index (χ4n) is 1.69. The second kappa shape index (κ2) is 5.25. The molecular formula is C11H16N2O3. The maximum Gasteiger partial charge on any atom is 0.107 e. The van der Waals surface area contributed by atoms with Crippen molar-refractivity contribution in [3.63, 3.8) is 0 Å². The maximum absolute atomic E-state index is 9.96. The molecule has 0 aromatic carbocycles. The van der Waals surface area contributed by atoms with Crippen LogP contribution in [0.3, 0.4) is 0 Å². The number of pyridine rings is 1. The minimum atomic E-state index is -0.605. The smallest absolute Gasteiger partial charge is 0.107 e. The van der Waals surface area contributed by atoms with E-state index in [1.54, 1.807) is 18.5 Å². The van der Waals surface area contributed by atoms with Crippen molar-refractivity contribution in [2.75, 3.05) is 25.6 Å². The van der Waals surface area contributed by atoms with Gasteiger partial charge >= 0.3 is 0 Å². The van der Waals surface area contributed by atoms with Gasteiger partial charge in [-0.05, 0) is 11.6 Å². The van der Waals surface area contributed by atoms with Gasteiger partial charge in [-0.3, -0.25) is 4.98 Å². The minimum Gasteiger partial charge on any atom is -0.398 e. The first-order chi connectivity index (χ1) is 7.77. The van der Waals surface area contributed by atoms with Crippen molar-refractivity contribution >= 4 is 5.69 Å². The zero-order valence-corrected chi connectivity index (χ0v) is 9.00. The summed E-state index contributed by atoms with van der Waals surface area (Å²) in [6.07, 6.45) is 2.86. The molecule has 1 aliphatic heterocycles. The minimum absolute atomic E-state index is 0.270. The van der Waals surface area contributed by atoms with Gasteiger partial charge in [0.25, 0.3) is 0 Å². The first-order valence-electron chi connectivity index (χ1n) is 5.33. The number of nitrogen functional groups attached to an aromatic ring is 1. The van der Waals surface area contributed by atoms with E-state index >= 15 is 0 Å². The highest BCUT2D eigenvalue weighted by Gasteiger charge is 2.23. The molecule has 1 aromatic heterocycles. The van der Waals surface area contributed by atoms with Crippen molar-refractivity contribution < 1.29 is 14.6 Å². The van der Waals surface area contributed by atoms with Gasteiger partial charge < -0.3 is 20.3 Å². The number of aliphatic hydroxyl groups excluding tert-OH is 1. The summed E-state index contributed by atoms with van der Waals surface area (Å²) in [5.41, 5.74) is 7.26. The number of nitrogens with zero attached hydrogens (tertiary/aromatic N) is 1. The lowest BCUT2D eigenvalue weighted by Gasteiger charge is -2.27. The fraction of sp³-hybridized carbons (Fsp3) is 0.545. The molecule has 2 heterocycles. The van der Waals surface area contributed by atoms with E-state index in [0.29, 0.717) is 31.9 Å². The average molecular weight is 224 g/mol. The molecule has 0 bridgehead atoms. The Hall–Kier alpha value is -1.17. The summed E-state index contributed by atoms with van der Waals surface area (Å²) in [5.74, 6) is 0. The molecule has 0 amide bonds. The third-order valence-corrected chi connectivity index (χ3v) is 2.64. The largest absolute Gasteiger partial charge is 0.398 e. The molecule has 16 heavy (non-hydrogen) atoms. The van der Waals surface area contributed by atoms with Crippen LogP contribution < -0.4 is 5.73 Å². The molecule has 2 atom stereocenters. The van der Waals surface area contributed by atoms with E-state index in [-0.39, 0.29) is 6.10 Å². The summed E-state index contributed by atoms with van der Waals surface area (Å²) in [6, 6.07) is 1.72. The highest BCUT2D eigenvalue weighted by atomic mass is 16.6. The third kappa shape index (κ3) is 2.69. The molecule has 1 aromatic rings. The molecule has 5 nitrogen and oxygen atoms in total. The molecule has 0 radical (unpaired) electrons. The molecule has 0 aliphatic carbocycles. The van der Waals surface area contributed by atoms with E-state index in [1.807, 2.05) is 0 Å². The first kappa shape index (κ1) is 11.3. The van der Waals surface area contributed by atoms with Gasteiger partial charge in [0.2, 0.25) is 0 Å². The van der Waals surface area contributed by atoms with Crippen LogP contribution in [-0.4, -0.2) is 42.1 Å². The van der Waals surface area contributed by atoms with E-state index in [2.05, 4.69) is 4.98 Å². The summed E-state index contributed by atoms with van der Waals surface area (Å²) >= 11 is 0. The van der Waals surface area contributed by atoms with Crippen LogP contribution in [0.2, 0.25) is 0 Å². The molecular weight excluding hydrogens is 208 g/mol. The molecule has 0 spiro atoms. The van der Waals surface area contributed by atoms with Crippen LogP contribution in [0, 0.1) is 0 Å². The van der Waals surface area contributed by atoms with Crippen molar-refractivity contribution in [3.8, 4) is 0 Å². The second-order valence-corrected chi connectivity index (χ2v) is 3.83. The second-order valence-electron chi connectivity index (χ2n) is 3.83. The standard InChI is InChI=1S/C11H16N2O3/c12-9-1-2-13-6-8(9)5-10(14)11-7-15-3-4-16-11/h1-2,6,10-11,14H,3-5,7H2,(H2,12,13). The van der Waals surface area contributed by atoms with Crippen molar-refractivity contribution in [1.82, 2.24) is 4.98 Å². The molecule has 88 valence electrons. The Morgan fingerprint density at radius 2 is 2.44 bits per heavy atom. The molecule has 2 rings (SSSR count). The number of hydrogen-bond donors (Lipinski definition) is 2. The summed E-state index contributed by atoms with van der Waals surface area (Å²) in [7, 11) is 0. The number of nitrogens with two attached hydrogens (primary N) is 1. The Morgan fingerprint density at radius 1 is 1.56 bits per heavy atom. The number of anilines is 1. The van der Waals surface area contributed by atoms with Gasteiger partial charge in [0.1, 0.15) is 6.10 Å². The van der Waals surface area contributed by atoms with Crippen LogP contribution in [0.5, 0.6) is 0 Å². The van der Waals surface area contributed by atoms with E-state index in [4.69, 9.17) is 15.2 Å². The number of aliphatic hydroxyl groups is 1. The Morgan fingerprint density at radius 3 is 3.12 bits per heavy atom. The predicted molar refractivity (Wildman–Crippen MR) is 58.9 cm³/mol. The third-order valence-electron chi connectivity index (χ3n) is 2.64. The van der Waals surface area contributed by atoms with E-state index in [1.165, 1.54) is 0 Å². The Kier molecular flexibility index (Phi) is 3.71. The van der Waals surface area contributed by atoms with Gasteiger partial charge in [-0.25, -0.2) is 0 Å². The van der Waals surface area contributed by atoms with E-state index < -0.39 is 6.10 Å². The number of aromatic nitrogens is 1. The van der Waals surface area contributed by atoms with Gasteiger partial charge in [-0.2, -0.15) is 0 Å². The Balaban J connectivity index is 1.96. The lowest BCUT2D eigenvalue weighted by molar-refractivity contribution is -0.131. The summed E-state index contributed by atoms with van der Waals surface area (Å²) < 4.78 is 10.7. The van der Waals surface area contributed by atoms with E-state index in [0.717, 1.165) is 5.56 Å². The number of hydrogen-bond acceptors (Lipinski definition) is 5. The highest BCUT2D eigenvalue weighted by Crippen LogP contribution is 2.15. The van der Waals surface area contributed by atoms with Crippen molar-refractivity contribution in [2.45, 2.75) is 18.6 Å². The maximum atomic E-state index is 9.96. The van der Waals surface area contributed by atoms with Gasteiger partial charge in [-0.1, -0.05) is 0 Å². The highest BCUT2D eigenvalue weighted by molar-refractivity contribution is 5.44. The van der Waals surface area contributed by atoms with Gasteiger partial charge in [0, 0.05) is 24.5 Å². The zero-order chi connectivity index (χ0) is 11.4. The van der Waals surface area contributed by atoms with Gasteiger partial charge in [-0.15, -0.1) is 0 Å². The normalized spacial score (nSPS) is 22.9. The molecule has 1 saturated heterocycles. The summed E-state index contributed by atoms with van der Waals surface area (Å²) in [4.78, 5) is 3.98. The molecule has 0 saturated carbocycles. The average Bonchev–Trinajstić information content (AvgIpc) is 2.33. The monoisotopic (exact) mass is 224 g/mol. The van der Waals surface area contributed by atoms with Crippen LogP contribution in [0.1, 0.15) is 5.56 Å². The fourth-order valence-corrected chi connectivity index (χ4v) is 1.69. The zero-order valence-electron chi connectivity index (χ0n) is 9.00. The SMILES string of the molecule is Nc1ccncc1CC(O)C1COCCO1.